The van der Waals surface area contributed by atoms with E-state index in [1.807, 2.05) is 12.3 Å². The lowest BCUT2D eigenvalue weighted by Crippen LogP contribution is -2.23. The van der Waals surface area contributed by atoms with Gasteiger partial charge >= 0.3 is 0 Å². The van der Waals surface area contributed by atoms with Gasteiger partial charge in [0, 0.05) is 30.9 Å². The molecule has 0 atom stereocenters. The van der Waals surface area contributed by atoms with Crippen LogP contribution in [0.5, 0.6) is 0 Å². The Kier molecular flexibility index (Phi) is 5.40. The summed E-state index contributed by atoms with van der Waals surface area (Å²) in [5.41, 5.74) is 1.67. The molecule has 1 aliphatic heterocycles. The molecule has 1 aliphatic rings. The van der Waals surface area contributed by atoms with E-state index in [4.69, 9.17) is 0 Å². The molecule has 3 aromatic heterocycles. The zero-order valence-electron chi connectivity index (χ0n) is 15.0. The highest BCUT2D eigenvalue weighted by molar-refractivity contribution is 7.17. The molecule has 1 saturated heterocycles. The first-order chi connectivity index (χ1) is 13.2. The van der Waals surface area contributed by atoms with E-state index in [9.17, 15) is 4.79 Å². The molecular weight excluding hydrogens is 380 g/mol. The first-order valence-electron chi connectivity index (χ1n) is 8.99. The van der Waals surface area contributed by atoms with Crippen LogP contribution < -0.4 is 10.2 Å². The SMILES string of the molecule is CCc1nc(-c2ncccn2)sc1C(=O)NCc1csc(N2CCCC2)n1. The Morgan fingerprint density at radius 2 is 2.00 bits per heavy atom. The van der Waals surface area contributed by atoms with Crippen LogP contribution in [0.1, 0.15) is 40.8 Å². The molecular formula is C18H20N6OS2. The van der Waals surface area contributed by atoms with Gasteiger partial charge in [0.15, 0.2) is 16.0 Å². The Balaban J connectivity index is 1.44. The van der Waals surface area contributed by atoms with Gasteiger partial charge in [0.1, 0.15) is 4.88 Å². The molecule has 0 aromatic carbocycles. The number of carbonyl (C=O) groups is 1. The average Bonchev–Trinajstić information content (AvgIpc) is 3.46. The predicted octanol–water partition coefficient (Wildman–Crippen LogP) is 3.15. The molecule has 3 aromatic rings. The molecule has 1 fully saturated rings. The zero-order chi connectivity index (χ0) is 18.6. The molecule has 140 valence electrons. The molecule has 0 saturated carbocycles. The maximum atomic E-state index is 12.7. The number of aryl methyl sites for hydroxylation is 1. The van der Waals surface area contributed by atoms with E-state index < -0.39 is 0 Å². The van der Waals surface area contributed by atoms with Gasteiger partial charge in [0.2, 0.25) is 0 Å². The molecule has 0 aliphatic carbocycles. The van der Waals surface area contributed by atoms with E-state index in [0.717, 1.165) is 29.6 Å². The van der Waals surface area contributed by atoms with Crippen LogP contribution in [0.25, 0.3) is 10.8 Å². The third kappa shape index (κ3) is 3.98. The standard InChI is InChI=1S/C18H20N6OS2/c1-2-13-14(27-17(23-13)15-19-6-5-7-20-15)16(25)21-10-12-11-26-18(22-12)24-8-3-4-9-24/h5-7,11H,2-4,8-10H2,1H3,(H,21,25). The highest BCUT2D eigenvalue weighted by Gasteiger charge is 2.20. The lowest BCUT2D eigenvalue weighted by Gasteiger charge is -2.12. The fourth-order valence-electron chi connectivity index (χ4n) is 2.96. The van der Waals surface area contributed by atoms with E-state index in [0.29, 0.717) is 28.7 Å². The first kappa shape index (κ1) is 18.0. The summed E-state index contributed by atoms with van der Waals surface area (Å²) in [5, 5.41) is 6.71. The number of carbonyl (C=O) groups excluding carboxylic acids is 1. The van der Waals surface area contributed by atoms with Crippen molar-refractivity contribution in [2.24, 2.45) is 0 Å². The van der Waals surface area contributed by atoms with E-state index in [2.05, 4.69) is 30.2 Å². The molecule has 9 heteroatoms. The van der Waals surface area contributed by atoms with Crippen LogP contribution in [0.15, 0.2) is 23.8 Å². The molecule has 7 nitrogen and oxygen atoms in total. The smallest absolute Gasteiger partial charge is 0.263 e. The van der Waals surface area contributed by atoms with E-state index in [1.165, 1.54) is 24.2 Å². The van der Waals surface area contributed by atoms with Gasteiger partial charge in [-0.1, -0.05) is 6.92 Å². The number of anilines is 1. The predicted molar refractivity (Wildman–Crippen MR) is 107 cm³/mol. The van der Waals surface area contributed by atoms with Crippen molar-refractivity contribution < 1.29 is 4.79 Å². The van der Waals surface area contributed by atoms with Crippen LogP contribution in [-0.4, -0.2) is 38.9 Å². The number of nitrogens with one attached hydrogen (secondary N) is 1. The van der Waals surface area contributed by atoms with Crippen LogP contribution in [-0.2, 0) is 13.0 Å². The highest BCUT2D eigenvalue weighted by Crippen LogP contribution is 2.27. The summed E-state index contributed by atoms with van der Waals surface area (Å²) in [4.78, 5) is 33.3. The summed E-state index contributed by atoms with van der Waals surface area (Å²) < 4.78 is 0. The summed E-state index contributed by atoms with van der Waals surface area (Å²) in [6.07, 6.45) is 6.49. The number of hydrogen-bond acceptors (Lipinski definition) is 8. The molecule has 0 spiro atoms. The lowest BCUT2D eigenvalue weighted by atomic mass is 10.3. The minimum absolute atomic E-state index is 0.123. The Morgan fingerprint density at radius 1 is 1.22 bits per heavy atom. The van der Waals surface area contributed by atoms with Gasteiger partial charge in [-0.15, -0.1) is 22.7 Å². The second-order valence-electron chi connectivity index (χ2n) is 6.22. The van der Waals surface area contributed by atoms with Gasteiger partial charge in [-0.3, -0.25) is 4.79 Å². The Bertz CT molecular complexity index is 917. The van der Waals surface area contributed by atoms with Crippen molar-refractivity contribution in [3.8, 4) is 10.8 Å². The largest absolute Gasteiger partial charge is 0.348 e. The van der Waals surface area contributed by atoms with Crippen molar-refractivity contribution in [1.29, 1.82) is 0 Å². The number of nitrogens with zero attached hydrogens (tertiary/aromatic N) is 5. The molecule has 4 heterocycles. The minimum atomic E-state index is -0.123. The summed E-state index contributed by atoms with van der Waals surface area (Å²) in [6, 6.07) is 1.76. The highest BCUT2D eigenvalue weighted by atomic mass is 32.1. The maximum absolute atomic E-state index is 12.7. The topological polar surface area (TPSA) is 83.9 Å². The number of aromatic nitrogens is 4. The van der Waals surface area contributed by atoms with Gasteiger partial charge in [-0.25, -0.2) is 19.9 Å². The van der Waals surface area contributed by atoms with Gasteiger partial charge < -0.3 is 10.2 Å². The summed E-state index contributed by atoms with van der Waals surface area (Å²) in [7, 11) is 0. The van der Waals surface area contributed by atoms with Crippen LogP contribution >= 0.6 is 22.7 Å². The van der Waals surface area contributed by atoms with E-state index in [-0.39, 0.29) is 5.91 Å². The zero-order valence-corrected chi connectivity index (χ0v) is 16.6. The molecule has 4 rings (SSSR count). The summed E-state index contributed by atoms with van der Waals surface area (Å²) >= 11 is 2.97. The minimum Gasteiger partial charge on any atom is -0.348 e. The number of thiazole rings is 2. The second kappa shape index (κ2) is 8.10. The van der Waals surface area contributed by atoms with Crippen molar-refractivity contribution >= 4 is 33.7 Å². The second-order valence-corrected chi connectivity index (χ2v) is 8.05. The van der Waals surface area contributed by atoms with Crippen molar-refractivity contribution in [2.45, 2.75) is 32.7 Å². The van der Waals surface area contributed by atoms with E-state index in [1.54, 1.807) is 29.8 Å². The molecule has 1 amide bonds. The monoisotopic (exact) mass is 400 g/mol. The van der Waals surface area contributed by atoms with Crippen molar-refractivity contribution in [3.63, 3.8) is 0 Å². The number of rotatable bonds is 6. The van der Waals surface area contributed by atoms with Crippen LogP contribution in [0, 0.1) is 0 Å². The van der Waals surface area contributed by atoms with Gasteiger partial charge in [-0.05, 0) is 25.3 Å². The van der Waals surface area contributed by atoms with Crippen LogP contribution in [0.2, 0.25) is 0 Å². The summed E-state index contributed by atoms with van der Waals surface area (Å²) in [6.45, 7) is 4.56. The van der Waals surface area contributed by atoms with Gasteiger partial charge in [0.05, 0.1) is 17.9 Å². The Morgan fingerprint density at radius 3 is 2.74 bits per heavy atom. The Hall–Kier alpha value is -2.39. The van der Waals surface area contributed by atoms with Crippen LogP contribution in [0.3, 0.4) is 0 Å². The molecule has 0 unspecified atom stereocenters. The summed E-state index contributed by atoms with van der Waals surface area (Å²) in [5.74, 6) is 0.424. The first-order valence-corrected chi connectivity index (χ1v) is 10.7. The third-order valence-electron chi connectivity index (χ3n) is 4.34. The van der Waals surface area contributed by atoms with Gasteiger partial charge in [-0.2, -0.15) is 0 Å². The fourth-order valence-corrected chi connectivity index (χ4v) is 4.85. The van der Waals surface area contributed by atoms with Crippen LogP contribution in [0.4, 0.5) is 5.13 Å². The van der Waals surface area contributed by atoms with Crippen molar-refractivity contribution in [3.05, 3.63) is 40.1 Å². The van der Waals surface area contributed by atoms with Crippen molar-refractivity contribution in [1.82, 2.24) is 25.3 Å². The van der Waals surface area contributed by atoms with E-state index >= 15 is 0 Å². The fraction of sp³-hybridized carbons (Fsp3) is 0.389. The quantitative estimate of drug-likeness (QED) is 0.684. The molecule has 0 bridgehead atoms. The lowest BCUT2D eigenvalue weighted by molar-refractivity contribution is 0.0953. The number of hydrogen-bond donors (Lipinski definition) is 1. The number of amides is 1. The molecule has 0 radical (unpaired) electrons. The molecule has 1 N–H and O–H groups in total. The van der Waals surface area contributed by atoms with Gasteiger partial charge in [0.25, 0.3) is 5.91 Å². The molecule has 27 heavy (non-hydrogen) atoms. The normalized spacial score (nSPS) is 13.9. The Labute approximate surface area is 165 Å². The third-order valence-corrected chi connectivity index (χ3v) is 6.38. The maximum Gasteiger partial charge on any atom is 0.263 e. The van der Waals surface area contributed by atoms with Crippen molar-refractivity contribution in [2.75, 3.05) is 18.0 Å². The average molecular weight is 401 g/mol.